The Balaban J connectivity index is 1.99. The lowest BCUT2D eigenvalue weighted by Crippen LogP contribution is -2.03. The summed E-state index contributed by atoms with van der Waals surface area (Å²) >= 11 is 0. The van der Waals surface area contributed by atoms with E-state index in [4.69, 9.17) is 20.3 Å². The van der Waals surface area contributed by atoms with Crippen LogP contribution in [0.1, 0.15) is 12.8 Å². The van der Waals surface area contributed by atoms with Crippen LogP contribution in [-0.2, 0) is 0 Å². The van der Waals surface area contributed by atoms with Crippen molar-refractivity contribution in [2.24, 2.45) is 5.92 Å². The van der Waals surface area contributed by atoms with E-state index in [2.05, 4.69) is 0 Å². The summed E-state index contributed by atoms with van der Waals surface area (Å²) in [5.41, 5.74) is 6.32. The number of methoxy groups -OCH3 is 1. The number of ether oxygens (including phenoxy) is 2. The molecule has 0 heterocycles. The molecule has 0 saturated heterocycles. The summed E-state index contributed by atoms with van der Waals surface area (Å²) in [5, 5.41) is 8.80. The maximum absolute atomic E-state index is 8.80. The zero-order valence-corrected chi connectivity index (χ0v) is 9.35. The van der Waals surface area contributed by atoms with Crippen LogP contribution in [0.5, 0.6) is 11.5 Å². The Hall–Kier alpha value is -1.42. The molecule has 0 bridgehead atoms. The first kappa shape index (κ1) is 11.1. The third kappa shape index (κ3) is 2.39. The minimum Gasteiger partial charge on any atom is -0.493 e. The van der Waals surface area contributed by atoms with Crippen molar-refractivity contribution in [3.05, 3.63) is 18.2 Å². The van der Waals surface area contributed by atoms with E-state index in [1.54, 1.807) is 19.2 Å². The van der Waals surface area contributed by atoms with Crippen LogP contribution in [0.3, 0.4) is 0 Å². The molecule has 16 heavy (non-hydrogen) atoms. The number of benzene rings is 1. The van der Waals surface area contributed by atoms with Gasteiger partial charge in [0.1, 0.15) is 6.10 Å². The zero-order chi connectivity index (χ0) is 11.5. The van der Waals surface area contributed by atoms with Crippen LogP contribution in [0.25, 0.3) is 0 Å². The van der Waals surface area contributed by atoms with Crippen molar-refractivity contribution in [3.8, 4) is 11.5 Å². The summed E-state index contributed by atoms with van der Waals surface area (Å²) in [7, 11) is 1.60. The van der Waals surface area contributed by atoms with Gasteiger partial charge in [0, 0.05) is 24.3 Å². The molecule has 1 saturated carbocycles. The molecule has 4 heteroatoms. The quantitative estimate of drug-likeness (QED) is 0.741. The van der Waals surface area contributed by atoms with Crippen molar-refractivity contribution in [2.45, 2.75) is 18.9 Å². The van der Waals surface area contributed by atoms with E-state index in [0.29, 0.717) is 17.4 Å². The third-order valence-corrected chi connectivity index (χ3v) is 2.82. The summed E-state index contributed by atoms with van der Waals surface area (Å²) in [5.74, 6) is 1.86. The zero-order valence-electron chi connectivity index (χ0n) is 9.35. The molecule has 1 aromatic carbocycles. The summed E-state index contributed by atoms with van der Waals surface area (Å²) in [6, 6.07) is 5.36. The number of rotatable bonds is 5. The molecule has 0 radical (unpaired) electrons. The summed E-state index contributed by atoms with van der Waals surface area (Å²) in [6.45, 7) is 0.226. The average molecular weight is 223 g/mol. The van der Waals surface area contributed by atoms with Gasteiger partial charge in [0.15, 0.2) is 11.5 Å². The Morgan fingerprint density at radius 3 is 2.94 bits per heavy atom. The monoisotopic (exact) mass is 223 g/mol. The predicted molar refractivity (Wildman–Crippen MR) is 61.6 cm³/mol. The van der Waals surface area contributed by atoms with Crippen LogP contribution >= 0.6 is 0 Å². The molecule has 3 N–H and O–H groups in total. The Labute approximate surface area is 95.0 Å². The Morgan fingerprint density at radius 1 is 1.44 bits per heavy atom. The van der Waals surface area contributed by atoms with E-state index in [0.717, 1.165) is 18.6 Å². The van der Waals surface area contributed by atoms with Crippen molar-refractivity contribution in [1.29, 1.82) is 0 Å². The Morgan fingerprint density at radius 2 is 2.25 bits per heavy atom. The molecule has 1 aromatic rings. The minimum absolute atomic E-state index is 0.213. The van der Waals surface area contributed by atoms with Crippen molar-refractivity contribution >= 4 is 5.69 Å². The molecule has 1 unspecified atom stereocenters. The molecular formula is C12H17NO3. The van der Waals surface area contributed by atoms with Gasteiger partial charge >= 0.3 is 0 Å². The van der Waals surface area contributed by atoms with Crippen LogP contribution in [-0.4, -0.2) is 24.9 Å². The van der Waals surface area contributed by atoms with Gasteiger partial charge in [-0.25, -0.2) is 0 Å². The van der Waals surface area contributed by atoms with Gasteiger partial charge in [-0.3, -0.25) is 0 Å². The first-order valence-corrected chi connectivity index (χ1v) is 5.45. The molecule has 1 fully saturated rings. The molecule has 88 valence electrons. The second-order valence-electron chi connectivity index (χ2n) is 4.07. The van der Waals surface area contributed by atoms with Gasteiger partial charge < -0.3 is 20.3 Å². The standard InChI is InChI=1S/C12H17NO3/c1-15-12-7-9(13)2-3-10(12)16-11-6-8(11)4-5-14/h2-3,7-8,11,14H,4-6,13H2,1H3/t8?,11-/m1/s1. The molecule has 2 atom stereocenters. The maximum atomic E-state index is 8.80. The lowest BCUT2D eigenvalue weighted by atomic mass is 10.3. The molecule has 1 aliphatic rings. The van der Waals surface area contributed by atoms with Gasteiger partial charge in [-0.15, -0.1) is 0 Å². The van der Waals surface area contributed by atoms with Gasteiger partial charge in [-0.2, -0.15) is 0 Å². The minimum atomic E-state index is 0.213. The van der Waals surface area contributed by atoms with Gasteiger partial charge in [0.25, 0.3) is 0 Å². The van der Waals surface area contributed by atoms with Crippen LogP contribution in [0.2, 0.25) is 0 Å². The van der Waals surface area contributed by atoms with Crippen LogP contribution in [0, 0.1) is 5.92 Å². The van der Waals surface area contributed by atoms with E-state index >= 15 is 0 Å². The molecule has 0 amide bonds. The Bertz CT molecular complexity index is 367. The first-order valence-electron chi connectivity index (χ1n) is 5.45. The topological polar surface area (TPSA) is 64.7 Å². The fourth-order valence-corrected chi connectivity index (χ4v) is 1.78. The van der Waals surface area contributed by atoms with Crippen LogP contribution in [0.15, 0.2) is 18.2 Å². The number of nitrogen functional groups attached to an aromatic ring is 1. The van der Waals surface area contributed by atoms with E-state index in [1.807, 2.05) is 6.07 Å². The highest BCUT2D eigenvalue weighted by Gasteiger charge is 2.39. The highest BCUT2D eigenvalue weighted by molar-refractivity contribution is 5.52. The fraction of sp³-hybridized carbons (Fsp3) is 0.500. The smallest absolute Gasteiger partial charge is 0.162 e. The molecule has 0 aliphatic heterocycles. The molecular weight excluding hydrogens is 206 g/mol. The lowest BCUT2D eigenvalue weighted by Gasteiger charge is -2.10. The van der Waals surface area contributed by atoms with E-state index < -0.39 is 0 Å². The number of aliphatic hydroxyl groups is 1. The first-order chi connectivity index (χ1) is 7.74. The highest BCUT2D eigenvalue weighted by Crippen LogP contribution is 2.40. The molecule has 2 rings (SSSR count). The third-order valence-electron chi connectivity index (χ3n) is 2.82. The van der Waals surface area contributed by atoms with Gasteiger partial charge in [-0.05, 0) is 25.0 Å². The van der Waals surface area contributed by atoms with Crippen molar-refractivity contribution in [1.82, 2.24) is 0 Å². The maximum Gasteiger partial charge on any atom is 0.162 e. The SMILES string of the molecule is COc1cc(N)ccc1O[C@@H]1CC1CCO. The summed E-state index contributed by atoms with van der Waals surface area (Å²) in [6.07, 6.45) is 2.03. The Kier molecular flexibility index (Phi) is 3.19. The number of anilines is 1. The molecule has 1 aliphatic carbocycles. The summed E-state index contributed by atoms with van der Waals surface area (Å²) < 4.78 is 11.0. The second-order valence-corrected chi connectivity index (χ2v) is 4.07. The number of nitrogens with two attached hydrogens (primary N) is 1. The van der Waals surface area contributed by atoms with Crippen molar-refractivity contribution in [3.63, 3.8) is 0 Å². The fourth-order valence-electron chi connectivity index (χ4n) is 1.78. The summed E-state index contributed by atoms with van der Waals surface area (Å²) in [4.78, 5) is 0. The highest BCUT2D eigenvalue weighted by atomic mass is 16.5. The van der Waals surface area contributed by atoms with Crippen LogP contribution in [0.4, 0.5) is 5.69 Å². The largest absolute Gasteiger partial charge is 0.493 e. The van der Waals surface area contributed by atoms with Gasteiger partial charge in [0.2, 0.25) is 0 Å². The van der Waals surface area contributed by atoms with E-state index in [1.165, 1.54) is 0 Å². The average Bonchev–Trinajstić information content (AvgIpc) is 3.00. The van der Waals surface area contributed by atoms with Gasteiger partial charge in [0.05, 0.1) is 7.11 Å². The van der Waals surface area contributed by atoms with Crippen molar-refractivity contribution < 1.29 is 14.6 Å². The van der Waals surface area contributed by atoms with Gasteiger partial charge in [-0.1, -0.05) is 0 Å². The lowest BCUT2D eigenvalue weighted by molar-refractivity contribution is 0.238. The predicted octanol–water partition coefficient (Wildman–Crippen LogP) is 1.43. The number of hydrogen-bond donors (Lipinski definition) is 2. The second kappa shape index (κ2) is 4.61. The van der Waals surface area contributed by atoms with E-state index in [-0.39, 0.29) is 12.7 Å². The van der Waals surface area contributed by atoms with E-state index in [9.17, 15) is 0 Å². The number of hydrogen-bond acceptors (Lipinski definition) is 4. The van der Waals surface area contributed by atoms with Crippen LogP contribution < -0.4 is 15.2 Å². The molecule has 4 nitrogen and oxygen atoms in total. The molecule has 0 aromatic heterocycles. The van der Waals surface area contributed by atoms with Crippen molar-refractivity contribution in [2.75, 3.05) is 19.5 Å². The normalized spacial score (nSPS) is 22.9. The number of aliphatic hydroxyl groups excluding tert-OH is 1. The molecule has 0 spiro atoms.